The third kappa shape index (κ3) is 5.97. The van der Waals surface area contributed by atoms with E-state index in [9.17, 15) is 9.59 Å². The fraction of sp³-hybridized carbons (Fsp3) is 0.500. The van der Waals surface area contributed by atoms with Gasteiger partial charge in [-0.25, -0.2) is 0 Å². The molecule has 3 aromatic rings. The Bertz CT molecular complexity index is 1210. The second kappa shape index (κ2) is 11.8. The van der Waals surface area contributed by atoms with Crippen molar-refractivity contribution in [1.29, 1.82) is 0 Å². The largest absolute Gasteiger partial charge is 0.481 e. The molecule has 1 heterocycles. The van der Waals surface area contributed by atoms with Crippen LogP contribution < -0.4 is 10.6 Å². The quantitative estimate of drug-likeness (QED) is 0.311. The minimum Gasteiger partial charge on any atom is -0.481 e. The molecule has 196 valence electrons. The van der Waals surface area contributed by atoms with Crippen LogP contribution >= 0.6 is 0 Å². The predicted octanol–water partition coefficient (Wildman–Crippen LogP) is 6.48. The lowest BCUT2D eigenvalue weighted by Gasteiger charge is -2.31. The summed E-state index contributed by atoms with van der Waals surface area (Å²) in [5.41, 5.74) is 3.87. The first-order valence-corrected chi connectivity index (χ1v) is 13.9. The maximum Gasteiger partial charge on any atom is 0.305 e. The summed E-state index contributed by atoms with van der Waals surface area (Å²) >= 11 is 0. The first kappa shape index (κ1) is 25.3. The molecule has 3 N–H and O–H groups in total. The van der Waals surface area contributed by atoms with Crippen LogP contribution in [0.1, 0.15) is 98.8 Å². The van der Waals surface area contributed by atoms with Gasteiger partial charge in [0.15, 0.2) is 0 Å². The molecule has 7 heteroatoms. The summed E-state index contributed by atoms with van der Waals surface area (Å²) in [6.07, 6.45) is 12.3. The third-order valence-electron chi connectivity index (χ3n) is 8.07. The van der Waals surface area contributed by atoms with Crippen molar-refractivity contribution in [3.63, 3.8) is 0 Å². The number of fused-ring (bicyclic) bond motifs is 1. The van der Waals surface area contributed by atoms with Crippen LogP contribution in [-0.2, 0) is 4.79 Å². The van der Waals surface area contributed by atoms with Gasteiger partial charge in [-0.05, 0) is 61.9 Å². The fourth-order valence-electron chi connectivity index (χ4n) is 6.11. The van der Waals surface area contributed by atoms with E-state index >= 15 is 0 Å². The number of carbonyl (C=O) groups is 2. The van der Waals surface area contributed by atoms with Crippen LogP contribution in [0.3, 0.4) is 0 Å². The molecule has 1 aromatic heterocycles. The van der Waals surface area contributed by atoms with Gasteiger partial charge in [0.05, 0.1) is 29.7 Å². The van der Waals surface area contributed by atoms with Crippen LogP contribution in [0.2, 0.25) is 0 Å². The smallest absolute Gasteiger partial charge is 0.305 e. The van der Waals surface area contributed by atoms with E-state index in [2.05, 4.69) is 39.6 Å². The van der Waals surface area contributed by atoms with Crippen LogP contribution in [0.25, 0.3) is 10.9 Å². The van der Waals surface area contributed by atoms with Crippen molar-refractivity contribution in [2.45, 2.75) is 82.7 Å². The number of carbonyl (C=O) groups excluding carboxylic acids is 1. The van der Waals surface area contributed by atoms with Gasteiger partial charge in [-0.2, -0.15) is 5.10 Å². The van der Waals surface area contributed by atoms with Crippen molar-refractivity contribution in [1.82, 2.24) is 15.1 Å². The maximum atomic E-state index is 12.4. The van der Waals surface area contributed by atoms with E-state index in [1.165, 1.54) is 75.1 Å². The van der Waals surface area contributed by atoms with Crippen LogP contribution in [-0.4, -0.2) is 33.3 Å². The highest BCUT2D eigenvalue weighted by Gasteiger charge is 2.30. The molecule has 1 atom stereocenters. The molecule has 0 radical (unpaired) electrons. The maximum absolute atomic E-state index is 12.4. The number of hydrogen-bond donors (Lipinski definition) is 3. The fourth-order valence-corrected chi connectivity index (χ4v) is 6.11. The normalized spacial score (nSPS) is 17.9. The number of aliphatic carboxylic acids is 1. The van der Waals surface area contributed by atoms with Crippen molar-refractivity contribution in [3.8, 4) is 0 Å². The van der Waals surface area contributed by atoms with Crippen molar-refractivity contribution in [2.75, 3.05) is 11.9 Å². The van der Waals surface area contributed by atoms with Gasteiger partial charge < -0.3 is 15.7 Å². The lowest BCUT2D eigenvalue weighted by atomic mass is 9.82. The minimum atomic E-state index is -0.924. The SMILES string of the molecule is O=C(O)CCNC(=O)c1ccc(NC(c2nn(C3CCCCC3)c3ccccc23)C2CCCCC2)cc1. The summed E-state index contributed by atoms with van der Waals surface area (Å²) in [5.74, 6) is -0.674. The molecule has 37 heavy (non-hydrogen) atoms. The summed E-state index contributed by atoms with van der Waals surface area (Å²) in [4.78, 5) is 23.1. The number of aromatic nitrogens is 2. The standard InChI is InChI=1S/C30H38N4O3/c35-27(36)19-20-31-30(37)22-15-17-23(18-16-22)32-28(21-9-3-1-4-10-21)29-25-13-7-8-14-26(25)34(33-29)24-11-5-2-6-12-24/h7-8,13-18,21,24,28,32H,1-6,9-12,19-20H2,(H,31,37)(H,35,36). The topological polar surface area (TPSA) is 96.2 Å². The number of para-hydroxylation sites is 1. The Hall–Kier alpha value is -3.35. The van der Waals surface area contributed by atoms with E-state index in [0.29, 0.717) is 17.5 Å². The summed E-state index contributed by atoms with van der Waals surface area (Å²) in [5, 5.41) is 21.8. The van der Waals surface area contributed by atoms with Crippen molar-refractivity contribution < 1.29 is 14.7 Å². The molecule has 1 amide bonds. The molecule has 0 spiro atoms. The Morgan fingerprint density at radius 2 is 1.59 bits per heavy atom. The van der Waals surface area contributed by atoms with E-state index < -0.39 is 5.97 Å². The molecule has 2 aliphatic rings. The zero-order chi connectivity index (χ0) is 25.6. The van der Waals surface area contributed by atoms with Crippen LogP contribution in [0.5, 0.6) is 0 Å². The average Bonchev–Trinajstić information content (AvgIpc) is 3.32. The molecule has 2 saturated carbocycles. The summed E-state index contributed by atoms with van der Waals surface area (Å²) in [7, 11) is 0. The predicted molar refractivity (Wildman–Crippen MR) is 146 cm³/mol. The highest BCUT2D eigenvalue weighted by molar-refractivity contribution is 5.94. The van der Waals surface area contributed by atoms with Crippen molar-refractivity contribution >= 4 is 28.5 Å². The van der Waals surface area contributed by atoms with Gasteiger partial charge in [0, 0.05) is 23.2 Å². The molecule has 0 saturated heterocycles. The lowest BCUT2D eigenvalue weighted by molar-refractivity contribution is -0.136. The summed E-state index contributed by atoms with van der Waals surface area (Å²) < 4.78 is 2.31. The molecule has 2 aliphatic carbocycles. The van der Waals surface area contributed by atoms with Gasteiger partial charge in [-0.15, -0.1) is 0 Å². The monoisotopic (exact) mass is 502 g/mol. The zero-order valence-electron chi connectivity index (χ0n) is 21.5. The van der Waals surface area contributed by atoms with Gasteiger partial charge in [-0.3, -0.25) is 14.3 Å². The third-order valence-corrected chi connectivity index (χ3v) is 8.07. The Kier molecular flexibility index (Phi) is 8.07. The highest BCUT2D eigenvalue weighted by Crippen LogP contribution is 2.40. The molecule has 2 aromatic carbocycles. The second-order valence-electron chi connectivity index (χ2n) is 10.6. The summed E-state index contributed by atoms with van der Waals surface area (Å²) in [6.45, 7) is 0.120. The number of benzene rings is 2. The van der Waals surface area contributed by atoms with E-state index in [1.54, 1.807) is 12.1 Å². The number of nitrogens with zero attached hydrogens (tertiary/aromatic N) is 2. The Balaban J connectivity index is 1.41. The minimum absolute atomic E-state index is 0.0874. The zero-order valence-corrected chi connectivity index (χ0v) is 21.5. The van der Waals surface area contributed by atoms with Gasteiger partial charge >= 0.3 is 5.97 Å². The number of rotatable bonds is 9. The molecule has 5 rings (SSSR count). The number of carboxylic acids is 1. The van der Waals surface area contributed by atoms with Gasteiger partial charge in [0.1, 0.15) is 0 Å². The number of nitrogens with one attached hydrogen (secondary N) is 2. The van der Waals surface area contributed by atoms with E-state index in [1.807, 2.05) is 12.1 Å². The molecular formula is C30H38N4O3. The number of amides is 1. The first-order chi connectivity index (χ1) is 18.1. The molecule has 1 unspecified atom stereocenters. The average molecular weight is 503 g/mol. The number of anilines is 1. The number of hydrogen-bond acceptors (Lipinski definition) is 4. The molecular weight excluding hydrogens is 464 g/mol. The Labute approximate surface area is 218 Å². The van der Waals surface area contributed by atoms with Crippen molar-refractivity contribution in [3.05, 3.63) is 59.8 Å². The summed E-state index contributed by atoms with van der Waals surface area (Å²) in [6, 6.07) is 16.7. The molecule has 7 nitrogen and oxygen atoms in total. The van der Waals surface area contributed by atoms with Crippen LogP contribution in [0.4, 0.5) is 5.69 Å². The Morgan fingerprint density at radius 3 is 2.30 bits per heavy atom. The molecule has 0 aliphatic heterocycles. The van der Waals surface area contributed by atoms with E-state index in [0.717, 1.165) is 11.4 Å². The highest BCUT2D eigenvalue weighted by atomic mass is 16.4. The number of carboxylic acid groups (broad SMARTS) is 1. The van der Waals surface area contributed by atoms with Gasteiger partial charge in [0.25, 0.3) is 5.91 Å². The molecule has 2 fully saturated rings. The second-order valence-corrected chi connectivity index (χ2v) is 10.6. The van der Waals surface area contributed by atoms with Gasteiger partial charge in [-0.1, -0.05) is 56.7 Å². The van der Waals surface area contributed by atoms with Crippen LogP contribution in [0.15, 0.2) is 48.5 Å². The van der Waals surface area contributed by atoms with E-state index in [-0.39, 0.29) is 24.9 Å². The van der Waals surface area contributed by atoms with Gasteiger partial charge in [0.2, 0.25) is 0 Å². The lowest BCUT2D eigenvalue weighted by Crippen LogP contribution is -2.26. The van der Waals surface area contributed by atoms with E-state index in [4.69, 9.17) is 10.2 Å². The van der Waals surface area contributed by atoms with Crippen LogP contribution in [0, 0.1) is 5.92 Å². The first-order valence-electron chi connectivity index (χ1n) is 13.9. The van der Waals surface area contributed by atoms with Crippen molar-refractivity contribution in [2.24, 2.45) is 5.92 Å². The Morgan fingerprint density at radius 1 is 0.919 bits per heavy atom. The molecule has 0 bridgehead atoms.